The van der Waals surface area contributed by atoms with Gasteiger partial charge in [0, 0.05) is 27.7 Å². The molecule has 0 spiro atoms. The number of thioether (sulfide) groups is 1. The van der Waals surface area contributed by atoms with E-state index in [2.05, 4.69) is 22.0 Å². The van der Waals surface area contributed by atoms with E-state index < -0.39 is 5.92 Å². The molecular weight excluding hydrogens is 516 g/mol. The summed E-state index contributed by atoms with van der Waals surface area (Å²) < 4.78 is 0. The van der Waals surface area contributed by atoms with Crippen LogP contribution in [0.5, 0.6) is 0 Å². The molecule has 0 unspecified atom stereocenters. The average Bonchev–Trinajstić information content (AvgIpc) is 2.90. The summed E-state index contributed by atoms with van der Waals surface area (Å²) in [6.45, 7) is 5.75. The molecule has 1 atom stereocenters. The summed E-state index contributed by atoms with van der Waals surface area (Å²) in [5.41, 5.74) is 5.69. The van der Waals surface area contributed by atoms with Gasteiger partial charge in [0.1, 0.15) is 0 Å². The minimum absolute atomic E-state index is 0.0991. The Kier molecular flexibility index (Phi) is 8.57. The van der Waals surface area contributed by atoms with Gasteiger partial charge in [0.15, 0.2) is 0 Å². The lowest BCUT2D eigenvalue weighted by atomic mass is 9.82. The lowest BCUT2D eigenvalue weighted by molar-refractivity contribution is -0.114. The number of carbonyl (C=O) groups is 2. The molecular formula is C30H27ClN4O2S. The number of dihydropyridines is 1. The van der Waals surface area contributed by atoms with Crippen molar-refractivity contribution in [3.8, 4) is 6.07 Å². The highest BCUT2D eigenvalue weighted by molar-refractivity contribution is 8.03. The van der Waals surface area contributed by atoms with Crippen molar-refractivity contribution in [3.63, 3.8) is 0 Å². The van der Waals surface area contributed by atoms with Gasteiger partial charge in [-0.15, -0.1) is 0 Å². The monoisotopic (exact) mass is 542 g/mol. The molecule has 38 heavy (non-hydrogen) atoms. The van der Waals surface area contributed by atoms with Gasteiger partial charge in [0.2, 0.25) is 5.91 Å². The second-order valence-electron chi connectivity index (χ2n) is 8.98. The molecule has 0 aliphatic carbocycles. The molecule has 1 heterocycles. The molecule has 192 valence electrons. The van der Waals surface area contributed by atoms with Crippen LogP contribution in [0.3, 0.4) is 0 Å². The maximum absolute atomic E-state index is 13.5. The van der Waals surface area contributed by atoms with Gasteiger partial charge in [-0.05, 0) is 62.2 Å². The Morgan fingerprint density at radius 2 is 1.71 bits per heavy atom. The molecule has 2 amide bonds. The number of nitriles is 1. The van der Waals surface area contributed by atoms with E-state index in [0.29, 0.717) is 32.6 Å². The summed E-state index contributed by atoms with van der Waals surface area (Å²) in [6.07, 6.45) is 0. The number of benzene rings is 3. The zero-order valence-electron chi connectivity index (χ0n) is 21.3. The van der Waals surface area contributed by atoms with Crippen LogP contribution in [0.2, 0.25) is 5.02 Å². The first-order chi connectivity index (χ1) is 18.3. The minimum Gasteiger partial charge on any atom is -0.353 e. The fraction of sp³-hybridized carbons (Fsp3) is 0.167. The van der Waals surface area contributed by atoms with Crippen LogP contribution in [0.15, 0.2) is 94.7 Å². The van der Waals surface area contributed by atoms with Gasteiger partial charge in [-0.2, -0.15) is 5.26 Å². The number of anilines is 2. The van der Waals surface area contributed by atoms with Crippen LogP contribution in [-0.2, 0) is 9.59 Å². The number of carbonyl (C=O) groups excluding carboxylic acids is 2. The molecule has 0 saturated carbocycles. The van der Waals surface area contributed by atoms with E-state index in [-0.39, 0.29) is 17.6 Å². The van der Waals surface area contributed by atoms with Crippen LogP contribution in [0, 0.1) is 25.2 Å². The number of allylic oxidation sites excluding steroid dienone is 2. The van der Waals surface area contributed by atoms with E-state index >= 15 is 0 Å². The third-order valence-electron chi connectivity index (χ3n) is 6.13. The van der Waals surface area contributed by atoms with E-state index in [1.54, 1.807) is 31.2 Å². The van der Waals surface area contributed by atoms with Crippen LogP contribution in [0.4, 0.5) is 11.4 Å². The first kappa shape index (κ1) is 27.1. The highest BCUT2D eigenvalue weighted by Crippen LogP contribution is 2.41. The summed E-state index contributed by atoms with van der Waals surface area (Å²) in [4.78, 5) is 26.3. The third-order valence-corrected chi connectivity index (χ3v) is 7.40. The Hall–Kier alpha value is -3.99. The number of halogens is 1. The van der Waals surface area contributed by atoms with Crippen molar-refractivity contribution >= 4 is 46.6 Å². The van der Waals surface area contributed by atoms with Gasteiger partial charge in [0.25, 0.3) is 5.91 Å². The van der Waals surface area contributed by atoms with Crippen LogP contribution < -0.4 is 16.0 Å². The Balaban J connectivity index is 1.60. The summed E-state index contributed by atoms with van der Waals surface area (Å²) >= 11 is 7.22. The molecule has 3 aromatic rings. The van der Waals surface area contributed by atoms with Crippen LogP contribution in [0.25, 0.3) is 0 Å². The van der Waals surface area contributed by atoms with Crippen molar-refractivity contribution in [2.75, 3.05) is 16.4 Å². The summed E-state index contributed by atoms with van der Waals surface area (Å²) in [7, 11) is 0. The molecule has 3 aromatic carbocycles. The predicted molar refractivity (Wildman–Crippen MR) is 155 cm³/mol. The summed E-state index contributed by atoms with van der Waals surface area (Å²) in [5, 5.41) is 20.4. The van der Waals surface area contributed by atoms with Crippen molar-refractivity contribution in [1.82, 2.24) is 5.32 Å². The SMILES string of the molecule is CC1=C(C(=O)Nc2ccc(Cl)cc2)[C@@H](c2ccccc2)C(C#N)=C(SCC(=O)Nc2ccc(C)cc2C)N1. The Morgan fingerprint density at radius 3 is 2.37 bits per heavy atom. The number of nitrogens with zero attached hydrogens (tertiary/aromatic N) is 1. The first-order valence-corrected chi connectivity index (χ1v) is 13.4. The molecule has 3 N–H and O–H groups in total. The van der Waals surface area contributed by atoms with Crippen LogP contribution >= 0.6 is 23.4 Å². The molecule has 1 aliphatic rings. The highest BCUT2D eigenvalue weighted by Gasteiger charge is 2.34. The summed E-state index contributed by atoms with van der Waals surface area (Å²) in [5.74, 6) is -1.00. The quantitative estimate of drug-likeness (QED) is 0.310. The van der Waals surface area contributed by atoms with Crippen LogP contribution in [0.1, 0.15) is 29.5 Å². The van der Waals surface area contributed by atoms with E-state index in [0.717, 1.165) is 22.4 Å². The lowest BCUT2D eigenvalue weighted by Crippen LogP contribution is -2.31. The van der Waals surface area contributed by atoms with Gasteiger partial charge in [-0.3, -0.25) is 9.59 Å². The zero-order chi connectivity index (χ0) is 27.2. The van der Waals surface area contributed by atoms with Crippen molar-refractivity contribution in [3.05, 3.63) is 116 Å². The predicted octanol–water partition coefficient (Wildman–Crippen LogP) is 6.66. The maximum atomic E-state index is 13.5. The van der Waals surface area contributed by atoms with Gasteiger partial charge >= 0.3 is 0 Å². The minimum atomic E-state index is -0.598. The number of aryl methyl sites for hydroxylation is 2. The number of hydrogen-bond acceptors (Lipinski definition) is 5. The second-order valence-corrected chi connectivity index (χ2v) is 10.4. The van der Waals surface area contributed by atoms with E-state index in [9.17, 15) is 14.9 Å². The Labute approximate surface area is 231 Å². The van der Waals surface area contributed by atoms with E-state index in [4.69, 9.17) is 11.6 Å². The Morgan fingerprint density at radius 1 is 1.00 bits per heavy atom. The maximum Gasteiger partial charge on any atom is 0.254 e. The van der Waals surface area contributed by atoms with E-state index in [1.807, 2.05) is 62.4 Å². The number of nitrogens with one attached hydrogen (secondary N) is 3. The van der Waals surface area contributed by atoms with Gasteiger partial charge in [0.05, 0.1) is 28.3 Å². The Bertz CT molecular complexity index is 1470. The first-order valence-electron chi connectivity index (χ1n) is 12.0. The van der Waals surface area contributed by atoms with Crippen molar-refractivity contribution in [1.29, 1.82) is 5.26 Å². The van der Waals surface area contributed by atoms with Crippen molar-refractivity contribution in [2.45, 2.75) is 26.7 Å². The molecule has 0 aromatic heterocycles. The van der Waals surface area contributed by atoms with Gasteiger partial charge in [-0.1, -0.05) is 71.4 Å². The second kappa shape index (κ2) is 12.0. The lowest BCUT2D eigenvalue weighted by Gasteiger charge is -2.30. The highest BCUT2D eigenvalue weighted by atomic mass is 35.5. The molecule has 8 heteroatoms. The molecule has 6 nitrogen and oxygen atoms in total. The largest absolute Gasteiger partial charge is 0.353 e. The molecule has 0 radical (unpaired) electrons. The fourth-order valence-corrected chi connectivity index (χ4v) is 5.33. The van der Waals surface area contributed by atoms with Crippen molar-refractivity contribution < 1.29 is 9.59 Å². The normalized spacial score (nSPS) is 15.0. The summed E-state index contributed by atoms with van der Waals surface area (Å²) in [6, 6.07) is 24.4. The zero-order valence-corrected chi connectivity index (χ0v) is 22.8. The van der Waals surface area contributed by atoms with Crippen LogP contribution in [-0.4, -0.2) is 17.6 Å². The average molecular weight is 543 g/mol. The molecule has 1 aliphatic heterocycles. The number of hydrogen-bond donors (Lipinski definition) is 3. The topological polar surface area (TPSA) is 94.0 Å². The third kappa shape index (κ3) is 6.28. The fourth-order valence-electron chi connectivity index (χ4n) is 4.32. The van der Waals surface area contributed by atoms with Gasteiger partial charge in [-0.25, -0.2) is 0 Å². The standard InChI is InChI=1S/C30H27ClN4O2S/c1-18-9-14-25(19(2)15-18)35-26(36)17-38-30-24(16-32)28(21-7-5-4-6-8-21)27(20(3)33-30)29(37)34-23-12-10-22(31)11-13-23/h4-15,28,33H,17H2,1-3H3,(H,34,37)(H,35,36)/t28-/m0/s1. The molecule has 0 bridgehead atoms. The smallest absolute Gasteiger partial charge is 0.254 e. The molecule has 0 saturated heterocycles. The van der Waals surface area contributed by atoms with Gasteiger partial charge < -0.3 is 16.0 Å². The van der Waals surface area contributed by atoms with Crippen molar-refractivity contribution in [2.24, 2.45) is 0 Å². The molecule has 0 fully saturated rings. The number of amides is 2. The molecule has 4 rings (SSSR count). The number of rotatable bonds is 7. The van der Waals surface area contributed by atoms with E-state index in [1.165, 1.54) is 11.8 Å².